The Labute approximate surface area is 119 Å². The average Bonchev–Trinajstić information content (AvgIpc) is 2.64. The van der Waals surface area contributed by atoms with Gasteiger partial charge in [-0.3, -0.25) is 9.58 Å². The zero-order valence-electron chi connectivity index (χ0n) is 12.5. The molecule has 0 fully saturated rings. The minimum absolute atomic E-state index is 0.0588. The maximum Gasteiger partial charge on any atom is 0.0862 e. The lowest BCUT2D eigenvalue weighted by molar-refractivity contribution is 0.0674. The van der Waals surface area contributed by atoms with E-state index in [-0.39, 0.29) is 6.61 Å². The monoisotopic (exact) mass is 286 g/mol. The van der Waals surface area contributed by atoms with E-state index in [9.17, 15) is 5.11 Å². The van der Waals surface area contributed by atoms with Gasteiger partial charge in [0.1, 0.15) is 0 Å². The molecule has 1 aromatic heterocycles. The summed E-state index contributed by atoms with van der Waals surface area (Å²) in [6.07, 6.45) is -0.573. The summed E-state index contributed by atoms with van der Waals surface area (Å²) in [5, 5.41) is 23.5. The number of methoxy groups -OCH3 is 1. The predicted octanol–water partition coefficient (Wildman–Crippen LogP) is -0.616. The van der Waals surface area contributed by atoms with Crippen molar-refractivity contribution in [1.82, 2.24) is 14.7 Å². The summed E-state index contributed by atoms with van der Waals surface area (Å²) in [5.74, 6) is 0. The Morgan fingerprint density at radius 1 is 1.40 bits per heavy atom. The maximum atomic E-state index is 10.2. The zero-order chi connectivity index (χ0) is 15.1. The average molecular weight is 286 g/mol. The first-order valence-electron chi connectivity index (χ1n) is 6.79. The number of nitrogens with zero attached hydrogens (tertiary/aromatic N) is 3. The number of aromatic nitrogens is 2. The van der Waals surface area contributed by atoms with Crippen LogP contribution in [0.2, 0.25) is 0 Å². The third-order valence-electron chi connectivity index (χ3n) is 3.32. The lowest BCUT2D eigenvalue weighted by atomic mass is 10.3. The van der Waals surface area contributed by atoms with Crippen molar-refractivity contribution < 1.29 is 14.9 Å². The first kappa shape index (κ1) is 16.9. The molecule has 1 aromatic rings. The molecule has 1 heterocycles. The molecule has 7 nitrogen and oxygen atoms in total. The van der Waals surface area contributed by atoms with E-state index in [2.05, 4.69) is 5.10 Å². The van der Waals surface area contributed by atoms with Crippen LogP contribution in [0.5, 0.6) is 0 Å². The van der Waals surface area contributed by atoms with Crippen LogP contribution in [-0.2, 0) is 11.3 Å². The van der Waals surface area contributed by atoms with Crippen molar-refractivity contribution in [1.29, 1.82) is 0 Å². The molecular weight excluding hydrogens is 260 g/mol. The largest absolute Gasteiger partial charge is 0.396 e. The normalized spacial score (nSPS) is 13.1. The SMILES string of the molecule is COCCN(CCO)CC(O)Cn1nc(C)c(N)c1C. The van der Waals surface area contributed by atoms with Crippen LogP contribution in [0.1, 0.15) is 11.4 Å². The molecule has 0 radical (unpaired) electrons. The van der Waals surface area contributed by atoms with Crippen LogP contribution >= 0.6 is 0 Å². The van der Waals surface area contributed by atoms with E-state index < -0.39 is 6.10 Å². The van der Waals surface area contributed by atoms with Gasteiger partial charge in [-0.15, -0.1) is 0 Å². The van der Waals surface area contributed by atoms with Crippen LogP contribution in [0.3, 0.4) is 0 Å². The summed E-state index contributed by atoms with van der Waals surface area (Å²) in [6, 6.07) is 0. The number of nitrogens with two attached hydrogens (primary N) is 1. The van der Waals surface area contributed by atoms with Gasteiger partial charge in [-0.2, -0.15) is 5.10 Å². The minimum Gasteiger partial charge on any atom is -0.396 e. The predicted molar refractivity (Wildman–Crippen MR) is 77.5 cm³/mol. The molecule has 0 amide bonds. The number of aliphatic hydroxyl groups excluding tert-OH is 2. The van der Waals surface area contributed by atoms with Gasteiger partial charge in [0.05, 0.1) is 42.9 Å². The van der Waals surface area contributed by atoms with Crippen molar-refractivity contribution in [3.63, 3.8) is 0 Å². The molecule has 1 atom stereocenters. The van der Waals surface area contributed by atoms with Crippen LogP contribution in [-0.4, -0.2) is 71.0 Å². The van der Waals surface area contributed by atoms with Gasteiger partial charge in [-0.05, 0) is 13.8 Å². The van der Waals surface area contributed by atoms with E-state index in [4.69, 9.17) is 15.6 Å². The molecule has 0 spiro atoms. The van der Waals surface area contributed by atoms with Crippen molar-refractivity contribution in [3.8, 4) is 0 Å². The van der Waals surface area contributed by atoms with Crippen molar-refractivity contribution in [2.24, 2.45) is 0 Å². The smallest absolute Gasteiger partial charge is 0.0862 e. The summed E-state index contributed by atoms with van der Waals surface area (Å²) >= 11 is 0. The van der Waals surface area contributed by atoms with Crippen LogP contribution < -0.4 is 5.73 Å². The van der Waals surface area contributed by atoms with Crippen LogP contribution in [0.15, 0.2) is 0 Å². The van der Waals surface area contributed by atoms with Crippen LogP contribution in [0.25, 0.3) is 0 Å². The molecule has 0 bridgehead atoms. The molecule has 7 heteroatoms. The highest BCUT2D eigenvalue weighted by molar-refractivity contribution is 5.46. The topological polar surface area (TPSA) is 96.8 Å². The van der Waals surface area contributed by atoms with Gasteiger partial charge in [0, 0.05) is 26.7 Å². The molecule has 4 N–H and O–H groups in total. The van der Waals surface area contributed by atoms with Crippen molar-refractivity contribution >= 4 is 5.69 Å². The van der Waals surface area contributed by atoms with Crippen LogP contribution in [0.4, 0.5) is 5.69 Å². The van der Waals surface area contributed by atoms with E-state index in [1.165, 1.54) is 0 Å². The number of aryl methyl sites for hydroxylation is 1. The molecule has 0 saturated heterocycles. The van der Waals surface area contributed by atoms with Gasteiger partial charge >= 0.3 is 0 Å². The zero-order valence-corrected chi connectivity index (χ0v) is 12.5. The lowest BCUT2D eigenvalue weighted by Crippen LogP contribution is -2.38. The highest BCUT2D eigenvalue weighted by Crippen LogP contribution is 2.15. The Bertz CT molecular complexity index is 409. The van der Waals surface area contributed by atoms with Crippen LogP contribution in [0, 0.1) is 13.8 Å². The highest BCUT2D eigenvalue weighted by Gasteiger charge is 2.15. The fraction of sp³-hybridized carbons (Fsp3) is 0.769. The molecule has 20 heavy (non-hydrogen) atoms. The highest BCUT2D eigenvalue weighted by atomic mass is 16.5. The first-order chi connectivity index (χ1) is 9.49. The fourth-order valence-corrected chi connectivity index (χ4v) is 2.10. The molecule has 1 unspecified atom stereocenters. The van der Waals surface area contributed by atoms with Gasteiger partial charge in [-0.25, -0.2) is 0 Å². The number of aliphatic hydroxyl groups is 2. The number of hydrogen-bond donors (Lipinski definition) is 3. The lowest BCUT2D eigenvalue weighted by Gasteiger charge is -2.24. The number of hydrogen-bond acceptors (Lipinski definition) is 6. The molecule has 116 valence electrons. The van der Waals surface area contributed by atoms with E-state index in [0.717, 1.165) is 11.4 Å². The van der Waals surface area contributed by atoms with Crippen molar-refractivity contribution in [2.75, 3.05) is 45.7 Å². The van der Waals surface area contributed by atoms with Gasteiger partial charge in [0.15, 0.2) is 0 Å². The molecule has 0 aliphatic carbocycles. The van der Waals surface area contributed by atoms with Gasteiger partial charge < -0.3 is 20.7 Å². The quantitative estimate of drug-likeness (QED) is 0.560. The maximum absolute atomic E-state index is 10.2. The molecule has 0 aliphatic heterocycles. The standard InChI is InChI=1S/C13H26N4O3/c1-10-13(14)11(2)17(15-10)9-12(19)8-16(4-6-18)5-7-20-3/h12,18-19H,4-9,14H2,1-3H3. The van der Waals surface area contributed by atoms with Gasteiger partial charge in [-0.1, -0.05) is 0 Å². The number of anilines is 1. The van der Waals surface area contributed by atoms with Gasteiger partial charge in [0.25, 0.3) is 0 Å². The van der Waals surface area contributed by atoms with E-state index in [1.807, 2.05) is 18.7 Å². The Morgan fingerprint density at radius 2 is 2.10 bits per heavy atom. The number of ether oxygens (including phenoxy) is 1. The second-order valence-corrected chi connectivity index (χ2v) is 4.94. The molecular formula is C13H26N4O3. The second-order valence-electron chi connectivity index (χ2n) is 4.94. The Kier molecular flexibility index (Phi) is 6.94. The molecule has 0 aromatic carbocycles. The molecule has 1 rings (SSSR count). The fourth-order valence-electron chi connectivity index (χ4n) is 2.10. The first-order valence-corrected chi connectivity index (χ1v) is 6.79. The summed E-state index contributed by atoms with van der Waals surface area (Å²) in [6.45, 7) is 6.40. The van der Waals surface area contributed by atoms with Gasteiger partial charge in [0.2, 0.25) is 0 Å². The Morgan fingerprint density at radius 3 is 2.60 bits per heavy atom. The Balaban J connectivity index is 2.55. The van der Waals surface area contributed by atoms with E-state index in [1.54, 1.807) is 11.8 Å². The summed E-state index contributed by atoms with van der Waals surface area (Å²) in [5.41, 5.74) is 8.18. The minimum atomic E-state index is -0.573. The van der Waals surface area contributed by atoms with Crippen molar-refractivity contribution in [3.05, 3.63) is 11.4 Å². The molecule has 0 aliphatic rings. The number of rotatable bonds is 9. The summed E-state index contributed by atoms with van der Waals surface area (Å²) < 4.78 is 6.74. The Hall–Kier alpha value is -1.15. The number of nitrogen functional groups attached to an aromatic ring is 1. The summed E-state index contributed by atoms with van der Waals surface area (Å²) in [7, 11) is 1.63. The van der Waals surface area contributed by atoms with E-state index in [0.29, 0.717) is 38.5 Å². The second kappa shape index (κ2) is 8.21. The third kappa shape index (κ3) is 4.75. The summed E-state index contributed by atoms with van der Waals surface area (Å²) in [4.78, 5) is 1.96. The van der Waals surface area contributed by atoms with E-state index >= 15 is 0 Å². The van der Waals surface area contributed by atoms with Crippen molar-refractivity contribution in [2.45, 2.75) is 26.5 Å². The third-order valence-corrected chi connectivity index (χ3v) is 3.32. The molecule has 0 saturated carbocycles.